The third kappa shape index (κ3) is 2.84. The van der Waals surface area contributed by atoms with Crippen LogP contribution in [-0.4, -0.2) is 22.9 Å². The van der Waals surface area contributed by atoms with E-state index >= 15 is 0 Å². The van der Waals surface area contributed by atoms with Crippen molar-refractivity contribution in [3.63, 3.8) is 0 Å². The van der Waals surface area contributed by atoms with Crippen LogP contribution in [0.4, 0.5) is 0 Å². The van der Waals surface area contributed by atoms with Crippen LogP contribution in [0.2, 0.25) is 0 Å². The van der Waals surface area contributed by atoms with Gasteiger partial charge in [-0.15, -0.1) is 0 Å². The van der Waals surface area contributed by atoms with Gasteiger partial charge in [-0.1, -0.05) is 13.8 Å². The number of hydrogen-bond acceptors (Lipinski definition) is 2. The van der Waals surface area contributed by atoms with Crippen molar-refractivity contribution in [3.05, 3.63) is 18.0 Å². The first-order valence-electron chi connectivity index (χ1n) is 5.50. The summed E-state index contributed by atoms with van der Waals surface area (Å²) in [5.41, 5.74) is 1.25. The highest BCUT2D eigenvalue weighted by molar-refractivity contribution is 4.98. The van der Waals surface area contributed by atoms with Gasteiger partial charge in [0.2, 0.25) is 0 Å². The minimum absolute atomic E-state index is 0.497. The molecule has 0 aromatic carbocycles. The lowest BCUT2D eigenvalue weighted by Gasteiger charge is -2.17. The Morgan fingerprint density at radius 1 is 1.50 bits per heavy atom. The van der Waals surface area contributed by atoms with E-state index in [9.17, 15) is 0 Å². The fourth-order valence-electron chi connectivity index (χ4n) is 1.61. The Kier molecular flexibility index (Phi) is 4.66. The maximum absolute atomic E-state index is 4.34. The molecular formula is C11H21N3. The van der Waals surface area contributed by atoms with Gasteiger partial charge >= 0.3 is 0 Å². The Morgan fingerprint density at radius 2 is 2.29 bits per heavy atom. The Hall–Kier alpha value is -0.830. The van der Waals surface area contributed by atoms with Gasteiger partial charge in [0.15, 0.2) is 0 Å². The lowest BCUT2D eigenvalue weighted by atomic mass is 10.2. The van der Waals surface area contributed by atoms with Crippen LogP contribution in [0.15, 0.2) is 12.3 Å². The maximum Gasteiger partial charge on any atom is 0.0644 e. The SMILES string of the molecule is CCCNCC(CC)n1nccc1C. The topological polar surface area (TPSA) is 29.9 Å². The zero-order valence-electron chi connectivity index (χ0n) is 9.45. The number of nitrogens with zero attached hydrogens (tertiary/aromatic N) is 2. The normalized spacial score (nSPS) is 13.1. The van der Waals surface area contributed by atoms with Gasteiger partial charge in [-0.2, -0.15) is 5.10 Å². The molecule has 0 aliphatic carbocycles. The van der Waals surface area contributed by atoms with Crippen molar-refractivity contribution < 1.29 is 0 Å². The molecular weight excluding hydrogens is 174 g/mol. The lowest BCUT2D eigenvalue weighted by Crippen LogP contribution is -2.26. The van der Waals surface area contributed by atoms with Crippen molar-refractivity contribution in [1.29, 1.82) is 0 Å². The molecule has 3 heteroatoms. The van der Waals surface area contributed by atoms with Crippen molar-refractivity contribution >= 4 is 0 Å². The van der Waals surface area contributed by atoms with E-state index in [2.05, 4.69) is 41.9 Å². The number of aryl methyl sites for hydroxylation is 1. The van der Waals surface area contributed by atoms with Crippen molar-refractivity contribution in [1.82, 2.24) is 15.1 Å². The fraction of sp³-hybridized carbons (Fsp3) is 0.727. The van der Waals surface area contributed by atoms with E-state index in [-0.39, 0.29) is 0 Å². The average Bonchev–Trinajstić information content (AvgIpc) is 2.60. The molecule has 1 N–H and O–H groups in total. The summed E-state index contributed by atoms with van der Waals surface area (Å²) in [6, 6.07) is 2.55. The van der Waals surface area contributed by atoms with Crippen LogP contribution < -0.4 is 5.32 Å². The molecule has 1 heterocycles. The van der Waals surface area contributed by atoms with E-state index in [1.807, 2.05) is 6.20 Å². The van der Waals surface area contributed by atoms with Crippen LogP contribution in [0.1, 0.15) is 38.4 Å². The molecule has 14 heavy (non-hydrogen) atoms. The van der Waals surface area contributed by atoms with E-state index < -0.39 is 0 Å². The summed E-state index contributed by atoms with van der Waals surface area (Å²) in [5.74, 6) is 0. The lowest BCUT2D eigenvalue weighted by molar-refractivity contribution is 0.405. The van der Waals surface area contributed by atoms with Gasteiger partial charge in [-0.3, -0.25) is 4.68 Å². The van der Waals surface area contributed by atoms with E-state index in [1.165, 1.54) is 12.1 Å². The molecule has 0 amide bonds. The summed E-state index contributed by atoms with van der Waals surface area (Å²) in [6.45, 7) is 8.62. The zero-order chi connectivity index (χ0) is 10.4. The monoisotopic (exact) mass is 195 g/mol. The van der Waals surface area contributed by atoms with Crippen molar-refractivity contribution in [2.75, 3.05) is 13.1 Å². The van der Waals surface area contributed by atoms with Crippen LogP contribution in [0.3, 0.4) is 0 Å². The summed E-state index contributed by atoms with van der Waals surface area (Å²) in [7, 11) is 0. The Morgan fingerprint density at radius 3 is 2.79 bits per heavy atom. The summed E-state index contributed by atoms with van der Waals surface area (Å²) in [4.78, 5) is 0. The van der Waals surface area contributed by atoms with Crippen LogP contribution in [0.25, 0.3) is 0 Å². The number of aromatic nitrogens is 2. The number of rotatable bonds is 6. The van der Waals surface area contributed by atoms with Gasteiger partial charge < -0.3 is 5.32 Å². The first kappa shape index (κ1) is 11.2. The van der Waals surface area contributed by atoms with Gasteiger partial charge in [0.25, 0.3) is 0 Å². The minimum atomic E-state index is 0.497. The maximum atomic E-state index is 4.34. The van der Waals surface area contributed by atoms with E-state index in [0.717, 1.165) is 19.5 Å². The van der Waals surface area contributed by atoms with Crippen molar-refractivity contribution in [2.45, 2.75) is 39.7 Å². The first-order valence-corrected chi connectivity index (χ1v) is 5.50. The highest BCUT2D eigenvalue weighted by atomic mass is 15.3. The third-order valence-corrected chi connectivity index (χ3v) is 2.49. The molecule has 3 nitrogen and oxygen atoms in total. The smallest absolute Gasteiger partial charge is 0.0644 e. The Bertz CT molecular complexity index is 255. The molecule has 0 radical (unpaired) electrons. The molecule has 0 bridgehead atoms. The van der Waals surface area contributed by atoms with Crippen LogP contribution in [0, 0.1) is 6.92 Å². The molecule has 0 fully saturated rings. The molecule has 0 spiro atoms. The second-order valence-corrected chi connectivity index (χ2v) is 3.68. The quantitative estimate of drug-likeness (QED) is 0.705. The fourth-order valence-corrected chi connectivity index (χ4v) is 1.61. The third-order valence-electron chi connectivity index (χ3n) is 2.49. The molecule has 0 saturated carbocycles. The zero-order valence-corrected chi connectivity index (χ0v) is 9.45. The predicted molar refractivity (Wildman–Crippen MR) is 59.5 cm³/mol. The molecule has 0 aliphatic rings. The number of hydrogen-bond donors (Lipinski definition) is 1. The molecule has 1 aromatic heterocycles. The number of nitrogens with one attached hydrogen (secondary N) is 1. The molecule has 1 atom stereocenters. The molecule has 0 saturated heterocycles. The van der Waals surface area contributed by atoms with Gasteiger partial charge in [0.05, 0.1) is 6.04 Å². The highest BCUT2D eigenvalue weighted by Crippen LogP contribution is 2.11. The summed E-state index contributed by atoms with van der Waals surface area (Å²) < 4.78 is 2.11. The highest BCUT2D eigenvalue weighted by Gasteiger charge is 2.09. The second kappa shape index (κ2) is 5.81. The summed E-state index contributed by atoms with van der Waals surface area (Å²) in [6.07, 6.45) is 4.19. The van der Waals surface area contributed by atoms with Gasteiger partial charge in [-0.05, 0) is 32.4 Å². The molecule has 0 aliphatic heterocycles. The largest absolute Gasteiger partial charge is 0.315 e. The molecule has 80 valence electrons. The molecule has 1 unspecified atom stereocenters. The van der Waals surface area contributed by atoms with Crippen LogP contribution in [0.5, 0.6) is 0 Å². The van der Waals surface area contributed by atoms with Crippen molar-refractivity contribution in [3.8, 4) is 0 Å². The van der Waals surface area contributed by atoms with E-state index in [1.54, 1.807) is 0 Å². The van der Waals surface area contributed by atoms with Crippen molar-refractivity contribution in [2.24, 2.45) is 0 Å². The Labute approximate surface area is 86.5 Å². The van der Waals surface area contributed by atoms with Crippen LogP contribution >= 0.6 is 0 Å². The average molecular weight is 195 g/mol. The Balaban J connectivity index is 2.50. The van der Waals surface area contributed by atoms with Gasteiger partial charge in [-0.25, -0.2) is 0 Å². The minimum Gasteiger partial charge on any atom is -0.315 e. The second-order valence-electron chi connectivity index (χ2n) is 3.68. The van der Waals surface area contributed by atoms with E-state index in [4.69, 9.17) is 0 Å². The van der Waals surface area contributed by atoms with E-state index in [0.29, 0.717) is 6.04 Å². The standard InChI is InChI=1S/C11H21N3/c1-4-7-12-9-11(5-2)14-10(3)6-8-13-14/h6,8,11-12H,4-5,7,9H2,1-3H3. The first-order chi connectivity index (χ1) is 6.79. The van der Waals surface area contributed by atoms with Gasteiger partial charge in [0.1, 0.15) is 0 Å². The summed E-state index contributed by atoms with van der Waals surface area (Å²) in [5, 5.41) is 7.78. The molecule has 1 rings (SSSR count). The predicted octanol–water partition coefficient (Wildman–Crippen LogP) is 2.14. The molecule has 1 aromatic rings. The van der Waals surface area contributed by atoms with Crippen LogP contribution in [-0.2, 0) is 0 Å². The summed E-state index contributed by atoms with van der Waals surface area (Å²) >= 11 is 0. The van der Waals surface area contributed by atoms with Gasteiger partial charge in [0, 0.05) is 18.4 Å².